The molecule has 1 fully saturated rings. The molecule has 1 amide bonds. The fraction of sp³-hybridized carbons (Fsp3) is 0.207. The molecule has 38 heavy (non-hydrogen) atoms. The molecule has 1 aliphatic heterocycles. The largest absolute Gasteiger partial charge is 0.497 e. The Labute approximate surface area is 223 Å². The Morgan fingerprint density at radius 1 is 1.03 bits per heavy atom. The van der Waals surface area contributed by atoms with E-state index in [1.807, 2.05) is 4.90 Å². The van der Waals surface area contributed by atoms with E-state index in [2.05, 4.69) is 6.07 Å². The molecule has 1 aromatic heterocycles. The van der Waals surface area contributed by atoms with Gasteiger partial charge >= 0.3 is 0 Å². The number of carbonyl (C=O) groups is 1. The summed E-state index contributed by atoms with van der Waals surface area (Å²) in [7, 11) is 1.57. The first kappa shape index (κ1) is 25.3. The van der Waals surface area contributed by atoms with Crippen molar-refractivity contribution in [2.75, 3.05) is 38.2 Å². The number of benzene rings is 3. The fourth-order valence-corrected chi connectivity index (χ4v) is 4.99. The summed E-state index contributed by atoms with van der Waals surface area (Å²) in [6.45, 7) is 1.92. The predicted molar refractivity (Wildman–Crippen MR) is 145 cm³/mol. The van der Waals surface area contributed by atoms with Crippen molar-refractivity contribution in [1.29, 1.82) is 5.26 Å². The number of aromatic nitrogens is 1. The third-order valence-corrected chi connectivity index (χ3v) is 7.02. The zero-order valence-electron chi connectivity index (χ0n) is 20.7. The number of ether oxygens (including phenoxy) is 1. The lowest BCUT2D eigenvalue weighted by atomic mass is 10.1. The van der Waals surface area contributed by atoms with Crippen molar-refractivity contribution < 1.29 is 13.9 Å². The minimum absolute atomic E-state index is 0.0109. The van der Waals surface area contributed by atoms with E-state index in [0.717, 1.165) is 5.56 Å². The Morgan fingerprint density at radius 2 is 1.71 bits per heavy atom. The van der Waals surface area contributed by atoms with Crippen LogP contribution in [0.5, 0.6) is 5.75 Å². The Balaban J connectivity index is 1.48. The molecular formula is C29H24ClFN4O3. The summed E-state index contributed by atoms with van der Waals surface area (Å²) in [6.07, 6.45) is 0. The average Bonchev–Trinajstić information content (AvgIpc) is 2.95. The maximum absolute atomic E-state index is 13.6. The van der Waals surface area contributed by atoms with Crippen molar-refractivity contribution in [1.82, 2.24) is 9.47 Å². The number of piperazine rings is 1. The number of methoxy groups -OCH3 is 1. The van der Waals surface area contributed by atoms with Gasteiger partial charge in [0.1, 0.15) is 23.2 Å². The topological polar surface area (TPSA) is 78.6 Å². The average molecular weight is 531 g/mol. The summed E-state index contributed by atoms with van der Waals surface area (Å²) < 4.78 is 20.1. The van der Waals surface area contributed by atoms with Crippen LogP contribution in [0.2, 0.25) is 5.02 Å². The van der Waals surface area contributed by atoms with Gasteiger partial charge in [0, 0.05) is 42.2 Å². The molecule has 2 heterocycles. The van der Waals surface area contributed by atoms with Gasteiger partial charge in [0.2, 0.25) is 0 Å². The summed E-state index contributed by atoms with van der Waals surface area (Å²) in [5.41, 5.74) is 2.01. The minimum atomic E-state index is -0.432. The molecule has 0 unspecified atom stereocenters. The van der Waals surface area contributed by atoms with Crippen LogP contribution in [-0.2, 0) is 6.54 Å². The summed E-state index contributed by atoms with van der Waals surface area (Å²) in [5, 5.41) is 11.2. The Morgan fingerprint density at radius 3 is 2.34 bits per heavy atom. The van der Waals surface area contributed by atoms with Gasteiger partial charge in [-0.05, 0) is 60.2 Å². The van der Waals surface area contributed by atoms with Crippen LogP contribution in [-0.4, -0.2) is 48.7 Å². The molecule has 9 heteroatoms. The second-order valence-corrected chi connectivity index (χ2v) is 9.46. The first-order valence-corrected chi connectivity index (χ1v) is 12.5. The number of hydrogen-bond donors (Lipinski definition) is 0. The van der Waals surface area contributed by atoms with E-state index < -0.39 is 5.56 Å². The first-order valence-electron chi connectivity index (χ1n) is 12.1. The maximum Gasteiger partial charge on any atom is 0.271 e. The maximum atomic E-state index is 13.6. The SMILES string of the molecule is COc1ccc(C(=O)N2CCN(c3c(C#N)c(=O)n(Cc4ccc(F)cc4)c4ccc(Cl)cc34)CC2)cc1. The van der Waals surface area contributed by atoms with Gasteiger partial charge in [-0.3, -0.25) is 9.59 Å². The number of nitrogens with zero attached hydrogens (tertiary/aromatic N) is 4. The number of nitriles is 1. The van der Waals surface area contributed by atoms with E-state index >= 15 is 0 Å². The van der Waals surface area contributed by atoms with Crippen LogP contribution in [0, 0.1) is 17.1 Å². The number of hydrogen-bond acceptors (Lipinski definition) is 5. The second kappa shape index (κ2) is 10.6. The number of carbonyl (C=O) groups excluding carboxylic acids is 1. The summed E-state index contributed by atoms with van der Waals surface area (Å²) >= 11 is 6.36. The van der Waals surface area contributed by atoms with Gasteiger partial charge in [0.15, 0.2) is 0 Å². The van der Waals surface area contributed by atoms with Gasteiger partial charge < -0.3 is 19.1 Å². The molecule has 3 aromatic carbocycles. The zero-order valence-corrected chi connectivity index (χ0v) is 21.4. The molecular weight excluding hydrogens is 507 g/mol. The zero-order chi connectivity index (χ0) is 26.8. The van der Waals surface area contributed by atoms with Crippen LogP contribution in [0.1, 0.15) is 21.5 Å². The van der Waals surface area contributed by atoms with Gasteiger partial charge in [-0.15, -0.1) is 0 Å². The number of rotatable bonds is 5. The highest BCUT2D eigenvalue weighted by Crippen LogP contribution is 2.32. The Bertz CT molecular complexity index is 1600. The van der Waals surface area contributed by atoms with E-state index in [4.69, 9.17) is 16.3 Å². The standard InChI is InChI=1S/C29H24ClFN4O3/c1-38-23-9-4-20(5-10-23)28(36)34-14-12-33(13-15-34)27-24-16-21(30)6-11-26(24)35(29(37)25(27)17-32)18-19-2-7-22(31)8-3-19/h2-11,16H,12-15,18H2,1H3. The monoisotopic (exact) mass is 530 g/mol. The van der Waals surface area contributed by atoms with Crippen LogP contribution in [0.4, 0.5) is 10.1 Å². The smallest absolute Gasteiger partial charge is 0.271 e. The van der Waals surface area contributed by atoms with Crippen LogP contribution < -0.4 is 15.2 Å². The number of amides is 1. The van der Waals surface area contributed by atoms with Crippen LogP contribution >= 0.6 is 11.6 Å². The van der Waals surface area contributed by atoms with E-state index in [1.165, 1.54) is 16.7 Å². The number of fused-ring (bicyclic) bond motifs is 1. The molecule has 192 valence electrons. The quantitative estimate of drug-likeness (QED) is 0.374. The molecule has 7 nitrogen and oxygen atoms in total. The molecule has 4 aromatic rings. The Hall–Kier alpha value is -4.35. The molecule has 0 bridgehead atoms. The predicted octanol–water partition coefficient (Wildman–Crippen LogP) is 4.68. The lowest BCUT2D eigenvalue weighted by Gasteiger charge is -2.37. The normalized spacial score (nSPS) is 13.4. The van der Waals surface area contributed by atoms with Crippen molar-refractivity contribution in [2.45, 2.75) is 6.54 Å². The van der Waals surface area contributed by atoms with Crippen molar-refractivity contribution in [3.05, 3.63) is 105 Å². The van der Waals surface area contributed by atoms with Gasteiger partial charge in [-0.25, -0.2) is 4.39 Å². The van der Waals surface area contributed by atoms with Crippen LogP contribution in [0.25, 0.3) is 10.9 Å². The van der Waals surface area contributed by atoms with Crippen LogP contribution in [0.15, 0.2) is 71.5 Å². The highest BCUT2D eigenvalue weighted by Gasteiger charge is 2.27. The molecule has 5 rings (SSSR count). The minimum Gasteiger partial charge on any atom is -0.497 e. The van der Waals surface area contributed by atoms with Gasteiger partial charge in [0.25, 0.3) is 11.5 Å². The highest BCUT2D eigenvalue weighted by atomic mass is 35.5. The molecule has 0 N–H and O–H groups in total. The molecule has 0 spiro atoms. The number of pyridine rings is 1. The lowest BCUT2D eigenvalue weighted by molar-refractivity contribution is 0.0747. The van der Waals surface area contributed by atoms with E-state index in [1.54, 1.807) is 66.6 Å². The summed E-state index contributed by atoms with van der Waals surface area (Å²) in [5.74, 6) is 0.223. The second-order valence-electron chi connectivity index (χ2n) is 9.02. The number of halogens is 2. The third-order valence-electron chi connectivity index (χ3n) is 6.79. The van der Waals surface area contributed by atoms with Crippen molar-refractivity contribution in [2.24, 2.45) is 0 Å². The summed E-state index contributed by atoms with van der Waals surface area (Å²) in [6, 6.07) is 20.2. The van der Waals surface area contributed by atoms with Crippen molar-refractivity contribution >= 4 is 34.1 Å². The lowest BCUT2D eigenvalue weighted by Crippen LogP contribution is -2.49. The summed E-state index contributed by atoms with van der Waals surface area (Å²) in [4.78, 5) is 30.3. The highest BCUT2D eigenvalue weighted by molar-refractivity contribution is 6.31. The van der Waals surface area contributed by atoms with Gasteiger partial charge in [-0.2, -0.15) is 5.26 Å². The third kappa shape index (κ3) is 4.81. The van der Waals surface area contributed by atoms with Crippen molar-refractivity contribution in [3.63, 3.8) is 0 Å². The van der Waals surface area contributed by atoms with Crippen LogP contribution in [0.3, 0.4) is 0 Å². The van der Waals surface area contributed by atoms with Gasteiger partial charge in [-0.1, -0.05) is 23.7 Å². The molecule has 1 saturated heterocycles. The van der Waals surface area contributed by atoms with E-state index in [-0.39, 0.29) is 23.8 Å². The molecule has 0 aliphatic carbocycles. The molecule has 0 atom stereocenters. The van der Waals surface area contributed by atoms with E-state index in [0.29, 0.717) is 59.1 Å². The number of anilines is 1. The molecule has 0 saturated carbocycles. The molecule has 0 radical (unpaired) electrons. The fourth-order valence-electron chi connectivity index (χ4n) is 4.82. The van der Waals surface area contributed by atoms with Crippen molar-refractivity contribution in [3.8, 4) is 11.8 Å². The molecule has 1 aliphatic rings. The first-order chi connectivity index (χ1) is 18.4. The Kier molecular flexibility index (Phi) is 7.03. The van der Waals surface area contributed by atoms with E-state index in [9.17, 15) is 19.2 Å². The van der Waals surface area contributed by atoms with Gasteiger partial charge in [0.05, 0.1) is 24.9 Å².